The second kappa shape index (κ2) is 11.1. The van der Waals surface area contributed by atoms with Gasteiger partial charge in [-0.05, 0) is 63.2 Å². The summed E-state index contributed by atoms with van der Waals surface area (Å²) in [7, 11) is 0. The van der Waals surface area contributed by atoms with Gasteiger partial charge in [-0.1, -0.05) is 44.8 Å². The number of carbonyl (C=O) groups excluding carboxylic acids is 2. The smallest absolute Gasteiger partial charge is 0.339 e. The van der Waals surface area contributed by atoms with Crippen molar-refractivity contribution >= 4 is 45.1 Å². The molecule has 0 atom stereocenters. The number of hydrogen-bond acceptors (Lipinski definition) is 7. The van der Waals surface area contributed by atoms with E-state index in [4.69, 9.17) is 20.9 Å². The average Bonchev–Trinajstić information content (AvgIpc) is 3.28. The highest BCUT2D eigenvalue weighted by atomic mass is 79.9. The van der Waals surface area contributed by atoms with Gasteiger partial charge in [-0.3, -0.25) is 9.69 Å². The number of nitrogens with zero attached hydrogens (tertiary/aromatic N) is 3. The number of carbonyl (C=O) groups is 2. The summed E-state index contributed by atoms with van der Waals surface area (Å²) in [6.07, 6.45) is 1.43. The van der Waals surface area contributed by atoms with E-state index in [1.165, 1.54) is 0 Å². The number of anilines is 1. The summed E-state index contributed by atoms with van der Waals surface area (Å²) in [5, 5.41) is 7.23. The van der Waals surface area contributed by atoms with Gasteiger partial charge in [0.1, 0.15) is 0 Å². The van der Waals surface area contributed by atoms with Crippen LogP contribution in [0.4, 0.5) is 5.69 Å². The van der Waals surface area contributed by atoms with Crippen LogP contribution in [0.1, 0.15) is 36.0 Å². The zero-order valence-electron chi connectivity index (χ0n) is 18.6. The highest BCUT2D eigenvalue weighted by Gasteiger charge is 2.26. The standard InChI is InChI=1S/C24H24BrClN4O4/c1-2-33-24(32)19-7-6-18(13-20(19)26)27-23(31)15-8-10-30(11-9-15)14-21-28-22(29-34-21)16-4-3-5-17(25)12-16/h3-7,12-13,15H,2,8-11,14H2,1H3,(H,27,31). The van der Waals surface area contributed by atoms with E-state index < -0.39 is 5.97 Å². The van der Waals surface area contributed by atoms with Gasteiger partial charge in [-0.15, -0.1) is 0 Å². The van der Waals surface area contributed by atoms with E-state index >= 15 is 0 Å². The van der Waals surface area contributed by atoms with E-state index in [0.717, 1.165) is 23.1 Å². The molecule has 0 saturated carbocycles. The molecular weight excluding hydrogens is 524 g/mol. The molecule has 1 N–H and O–H groups in total. The number of hydrogen-bond donors (Lipinski definition) is 1. The van der Waals surface area contributed by atoms with Crippen LogP contribution in [-0.4, -0.2) is 46.6 Å². The maximum Gasteiger partial charge on any atom is 0.339 e. The number of halogens is 2. The number of piperidine rings is 1. The Bertz CT molecular complexity index is 1180. The lowest BCUT2D eigenvalue weighted by atomic mass is 9.96. The van der Waals surface area contributed by atoms with Gasteiger partial charge < -0.3 is 14.6 Å². The zero-order valence-corrected chi connectivity index (χ0v) is 20.9. The summed E-state index contributed by atoms with van der Waals surface area (Å²) in [5.74, 6) is 0.448. The zero-order chi connectivity index (χ0) is 24.1. The number of ether oxygens (including phenoxy) is 1. The second-order valence-corrected chi connectivity index (χ2v) is 9.30. The number of amides is 1. The van der Waals surface area contributed by atoms with Crippen molar-refractivity contribution in [3.8, 4) is 11.4 Å². The van der Waals surface area contributed by atoms with Crippen molar-refractivity contribution in [2.45, 2.75) is 26.3 Å². The van der Waals surface area contributed by atoms with E-state index in [-0.39, 0.29) is 29.0 Å². The lowest BCUT2D eigenvalue weighted by Gasteiger charge is -2.30. The molecule has 1 saturated heterocycles. The minimum atomic E-state index is -0.484. The molecule has 1 aliphatic heterocycles. The molecule has 0 bridgehead atoms. The van der Waals surface area contributed by atoms with Crippen LogP contribution < -0.4 is 5.32 Å². The number of benzene rings is 2. The first-order chi connectivity index (χ1) is 16.4. The fraction of sp³-hybridized carbons (Fsp3) is 0.333. The first-order valence-electron chi connectivity index (χ1n) is 11.0. The molecule has 2 aromatic carbocycles. The fourth-order valence-electron chi connectivity index (χ4n) is 3.82. The third kappa shape index (κ3) is 6.02. The summed E-state index contributed by atoms with van der Waals surface area (Å²) in [5.41, 5.74) is 1.71. The van der Waals surface area contributed by atoms with Crippen LogP contribution in [0.2, 0.25) is 5.02 Å². The minimum Gasteiger partial charge on any atom is -0.462 e. The van der Waals surface area contributed by atoms with Gasteiger partial charge in [0.05, 0.1) is 23.7 Å². The molecule has 8 nitrogen and oxygen atoms in total. The topological polar surface area (TPSA) is 97.6 Å². The van der Waals surface area contributed by atoms with Gasteiger partial charge >= 0.3 is 5.97 Å². The van der Waals surface area contributed by atoms with Crippen LogP contribution in [0.25, 0.3) is 11.4 Å². The molecule has 10 heteroatoms. The molecule has 1 aliphatic rings. The third-order valence-corrected chi connectivity index (χ3v) is 6.41. The molecule has 34 heavy (non-hydrogen) atoms. The molecule has 2 heterocycles. The van der Waals surface area contributed by atoms with Crippen LogP contribution in [0.5, 0.6) is 0 Å². The predicted molar refractivity (Wildman–Crippen MR) is 131 cm³/mol. The number of esters is 1. The van der Waals surface area contributed by atoms with Crippen LogP contribution in [-0.2, 0) is 16.1 Å². The summed E-state index contributed by atoms with van der Waals surface area (Å²) in [6, 6.07) is 12.5. The molecule has 178 valence electrons. The molecule has 3 aromatic rings. The predicted octanol–water partition coefficient (Wildman–Crippen LogP) is 5.18. The molecular formula is C24H24BrClN4O4. The number of likely N-dealkylation sites (tertiary alicyclic amines) is 1. The lowest BCUT2D eigenvalue weighted by molar-refractivity contribution is -0.121. The summed E-state index contributed by atoms with van der Waals surface area (Å²) < 4.78 is 11.4. The van der Waals surface area contributed by atoms with Crippen molar-refractivity contribution in [1.29, 1.82) is 0 Å². The lowest BCUT2D eigenvalue weighted by Crippen LogP contribution is -2.37. The molecule has 1 fully saturated rings. The maximum atomic E-state index is 12.7. The van der Waals surface area contributed by atoms with Crippen molar-refractivity contribution in [2.24, 2.45) is 5.92 Å². The Hall–Kier alpha value is -2.75. The normalized spacial score (nSPS) is 14.7. The monoisotopic (exact) mass is 546 g/mol. The van der Waals surface area contributed by atoms with Gasteiger partial charge in [0, 0.05) is 21.6 Å². The molecule has 0 unspecified atom stereocenters. The Balaban J connectivity index is 1.28. The Morgan fingerprint density at radius 3 is 2.74 bits per heavy atom. The van der Waals surface area contributed by atoms with Crippen LogP contribution in [0, 0.1) is 5.92 Å². The van der Waals surface area contributed by atoms with Crippen molar-refractivity contribution in [3.63, 3.8) is 0 Å². The molecule has 1 amide bonds. The quantitative estimate of drug-likeness (QED) is 0.407. The van der Waals surface area contributed by atoms with Crippen molar-refractivity contribution < 1.29 is 18.8 Å². The molecule has 0 spiro atoms. The molecule has 0 radical (unpaired) electrons. The highest BCUT2D eigenvalue weighted by molar-refractivity contribution is 9.10. The summed E-state index contributed by atoms with van der Waals surface area (Å²) >= 11 is 9.64. The Morgan fingerprint density at radius 1 is 1.24 bits per heavy atom. The van der Waals surface area contributed by atoms with Crippen LogP contribution in [0.15, 0.2) is 51.5 Å². The summed E-state index contributed by atoms with van der Waals surface area (Å²) in [6.45, 7) is 4.03. The molecule has 4 rings (SSSR count). The van der Waals surface area contributed by atoms with Crippen molar-refractivity contribution in [3.05, 3.63) is 63.4 Å². The fourth-order valence-corrected chi connectivity index (χ4v) is 4.48. The Labute approximate surface area is 210 Å². The average molecular weight is 548 g/mol. The molecule has 1 aromatic heterocycles. The Morgan fingerprint density at radius 2 is 2.03 bits per heavy atom. The van der Waals surface area contributed by atoms with Crippen LogP contribution in [0.3, 0.4) is 0 Å². The number of aromatic nitrogens is 2. The van der Waals surface area contributed by atoms with E-state index in [1.54, 1.807) is 25.1 Å². The van der Waals surface area contributed by atoms with E-state index in [1.807, 2.05) is 24.3 Å². The van der Waals surface area contributed by atoms with Gasteiger partial charge in [0.2, 0.25) is 17.6 Å². The summed E-state index contributed by atoms with van der Waals surface area (Å²) in [4.78, 5) is 31.3. The van der Waals surface area contributed by atoms with E-state index in [9.17, 15) is 9.59 Å². The van der Waals surface area contributed by atoms with Crippen molar-refractivity contribution in [1.82, 2.24) is 15.0 Å². The highest BCUT2D eigenvalue weighted by Crippen LogP contribution is 2.25. The molecule has 0 aliphatic carbocycles. The van der Waals surface area contributed by atoms with E-state index in [0.29, 0.717) is 36.8 Å². The number of nitrogens with one attached hydrogen (secondary N) is 1. The first kappa shape index (κ1) is 24.4. The van der Waals surface area contributed by atoms with Gasteiger partial charge in [0.15, 0.2) is 0 Å². The van der Waals surface area contributed by atoms with Gasteiger partial charge in [-0.2, -0.15) is 4.98 Å². The number of rotatable bonds is 7. The van der Waals surface area contributed by atoms with Gasteiger partial charge in [-0.25, -0.2) is 4.79 Å². The van der Waals surface area contributed by atoms with Crippen molar-refractivity contribution in [2.75, 3.05) is 25.0 Å². The second-order valence-electron chi connectivity index (χ2n) is 7.98. The third-order valence-electron chi connectivity index (χ3n) is 5.60. The Kier molecular flexibility index (Phi) is 7.97. The SMILES string of the molecule is CCOC(=O)c1ccc(NC(=O)C2CCN(Cc3nc(-c4cccc(Br)c4)no3)CC2)cc1Cl. The van der Waals surface area contributed by atoms with E-state index in [2.05, 4.69) is 36.3 Å². The van der Waals surface area contributed by atoms with Gasteiger partial charge in [0.25, 0.3) is 0 Å². The minimum absolute atomic E-state index is 0.0608. The van der Waals surface area contributed by atoms with Crippen LogP contribution >= 0.6 is 27.5 Å². The maximum absolute atomic E-state index is 12.7. The first-order valence-corrected chi connectivity index (χ1v) is 12.2. The largest absolute Gasteiger partial charge is 0.462 e.